The molecule has 1 saturated heterocycles. The van der Waals surface area contributed by atoms with Crippen LogP contribution < -0.4 is 10.5 Å². The van der Waals surface area contributed by atoms with E-state index in [1.54, 1.807) is 4.90 Å². The highest BCUT2D eigenvalue weighted by Gasteiger charge is 2.41. The summed E-state index contributed by atoms with van der Waals surface area (Å²) in [6, 6.07) is 0. The largest absolute Gasteiger partial charge is 0.341 e. The first-order valence-corrected chi connectivity index (χ1v) is 11.0. The Kier molecular flexibility index (Phi) is 7.16. The fourth-order valence-corrected chi connectivity index (χ4v) is 6.52. The first-order chi connectivity index (χ1) is 11.5. The van der Waals surface area contributed by atoms with Gasteiger partial charge in [-0.05, 0) is 38.5 Å². The van der Waals surface area contributed by atoms with Crippen molar-refractivity contribution in [1.82, 2.24) is 9.62 Å². The minimum absolute atomic E-state index is 0. The molecular weight excluding hydrogens is 362 g/mol. The van der Waals surface area contributed by atoms with E-state index in [0.717, 1.165) is 57.8 Å². The Labute approximate surface area is 157 Å². The van der Waals surface area contributed by atoms with Crippen LogP contribution in [0.1, 0.15) is 64.2 Å². The third-order valence-electron chi connectivity index (χ3n) is 6.14. The molecule has 3 aliphatic rings. The molecule has 0 aromatic heterocycles. The molecule has 1 amide bonds. The van der Waals surface area contributed by atoms with E-state index >= 15 is 0 Å². The summed E-state index contributed by atoms with van der Waals surface area (Å²) >= 11 is 0. The van der Waals surface area contributed by atoms with Crippen molar-refractivity contribution in [3.63, 3.8) is 0 Å². The van der Waals surface area contributed by atoms with Crippen LogP contribution in [0.15, 0.2) is 0 Å². The van der Waals surface area contributed by atoms with E-state index in [-0.39, 0.29) is 24.2 Å². The van der Waals surface area contributed by atoms with Crippen LogP contribution >= 0.6 is 12.4 Å². The number of piperidine rings is 1. The molecule has 1 heterocycles. The molecule has 6 nitrogen and oxygen atoms in total. The maximum absolute atomic E-state index is 12.9. The highest BCUT2D eigenvalue weighted by molar-refractivity contribution is 7.90. The number of carbonyl (C=O) groups is 1. The van der Waals surface area contributed by atoms with Crippen LogP contribution in [0.5, 0.6) is 0 Å². The lowest BCUT2D eigenvalue weighted by Gasteiger charge is -2.36. The van der Waals surface area contributed by atoms with Gasteiger partial charge in [0.2, 0.25) is 15.9 Å². The Morgan fingerprint density at radius 2 is 1.72 bits per heavy atom. The molecule has 3 rings (SSSR count). The fourth-order valence-electron chi connectivity index (χ4n) is 4.61. The summed E-state index contributed by atoms with van der Waals surface area (Å²) in [5, 5.41) is -0.499. The van der Waals surface area contributed by atoms with Crippen LogP contribution in [-0.2, 0) is 14.8 Å². The van der Waals surface area contributed by atoms with Gasteiger partial charge in [-0.2, -0.15) is 0 Å². The number of hydrogen-bond acceptors (Lipinski definition) is 4. The zero-order chi connectivity index (χ0) is 17.2. The van der Waals surface area contributed by atoms with E-state index in [9.17, 15) is 13.2 Å². The SMILES string of the molecule is Cl.NCC1(NS(=O)(=O)C2CCCN(C(=O)C3CCCC3)C2)CCCC1. The van der Waals surface area contributed by atoms with E-state index in [4.69, 9.17) is 5.73 Å². The molecule has 25 heavy (non-hydrogen) atoms. The number of nitrogens with one attached hydrogen (secondary N) is 1. The maximum Gasteiger partial charge on any atom is 0.225 e. The summed E-state index contributed by atoms with van der Waals surface area (Å²) < 4.78 is 28.7. The monoisotopic (exact) mass is 393 g/mol. The predicted molar refractivity (Wildman–Crippen MR) is 101 cm³/mol. The van der Waals surface area contributed by atoms with Crippen LogP contribution in [0.2, 0.25) is 0 Å². The number of likely N-dealkylation sites (tertiary alicyclic amines) is 1. The number of rotatable bonds is 5. The van der Waals surface area contributed by atoms with E-state index < -0.39 is 20.8 Å². The number of amides is 1. The standard InChI is InChI=1S/C17H31N3O3S.ClH/c18-13-17(9-3-4-10-17)19-24(22,23)15-8-5-11-20(12-15)16(21)14-6-1-2-7-14;/h14-15,19H,1-13,18H2;1H. The van der Waals surface area contributed by atoms with E-state index in [1.165, 1.54) is 0 Å². The van der Waals surface area contributed by atoms with Crippen molar-refractivity contribution in [2.24, 2.45) is 11.7 Å². The van der Waals surface area contributed by atoms with Crippen molar-refractivity contribution in [2.45, 2.75) is 75.0 Å². The number of nitrogens with two attached hydrogens (primary N) is 1. The molecule has 0 aromatic rings. The molecule has 1 aliphatic heterocycles. The van der Waals surface area contributed by atoms with Crippen molar-refractivity contribution in [1.29, 1.82) is 0 Å². The summed E-state index contributed by atoms with van der Waals surface area (Å²) in [6.45, 7) is 1.39. The second-order valence-electron chi connectivity index (χ2n) is 7.87. The Hall–Kier alpha value is -0.370. The van der Waals surface area contributed by atoms with Gasteiger partial charge < -0.3 is 10.6 Å². The van der Waals surface area contributed by atoms with Gasteiger partial charge in [-0.25, -0.2) is 13.1 Å². The Morgan fingerprint density at radius 1 is 1.08 bits per heavy atom. The fraction of sp³-hybridized carbons (Fsp3) is 0.941. The number of halogens is 1. The van der Waals surface area contributed by atoms with Crippen LogP contribution in [0.4, 0.5) is 0 Å². The van der Waals surface area contributed by atoms with Crippen LogP contribution in [-0.4, -0.2) is 49.6 Å². The first kappa shape index (κ1) is 20.9. The zero-order valence-corrected chi connectivity index (χ0v) is 16.5. The summed E-state index contributed by atoms with van der Waals surface area (Å²) in [5.74, 6) is 0.284. The molecule has 0 radical (unpaired) electrons. The van der Waals surface area contributed by atoms with Crippen molar-refractivity contribution in [3.8, 4) is 0 Å². The molecule has 0 aromatic carbocycles. The molecule has 1 unspecified atom stereocenters. The number of carbonyl (C=O) groups excluding carboxylic acids is 1. The molecular formula is C17H32ClN3O3S. The van der Waals surface area contributed by atoms with Gasteiger partial charge >= 0.3 is 0 Å². The summed E-state index contributed by atoms with van der Waals surface area (Å²) in [7, 11) is -3.45. The van der Waals surface area contributed by atoms with Gasteiger partial charge in [0, 0.05) is 31.1 Å². The first-order valence-electron chi connectivity index (χ1n) is 9.47. The Morgan fingerprint density at radius 3 is 2.32 bits per heavy atom. The molecule has 2 aliphatic carbocycles. The average Bonchev–Trinajstić information content (AvgIpc) is 3.26. The number of hydrogen-bond donors (Lipinski definition) is 2. The lowest BCUT2D eigenvalue weighted by molar-refractivity contribution is -0.136. The normalized spacial score (nSPS) is 27.2. The topological polar surface area (TPSA) is 92.5 Å². The predicted octanol–water partition coefficient (Wildman–Crippen LogP) is 1.78. The molecule has 0 bridgehead atoms. The molecule has 1 atom stereocenters. The van der Waals surface area contributed by atoms with Gasteiger partial charge in [-0.3, -0.25) is 4.79 Å². The average molecular weight is 394 g/mol. The third-order valence-corrected chi connectivity index (χ3v) is 8.12. The molecule has 2 saturated carbocycles. The second kappa shape index (κ2) is 8.55. The number of sulfonamides is 1. The molecule has 0 spiro atoms. The lowest BCUT2D eigenvalue weighted by atomic mass is 10.0. The van der Waals surface area contributed by atoms with Gasteiger partial charge in [-0.15, -0.1) is 12.4 Å². The van der Waals surface area contributed by atoms with Crippen molar-refractivity contribution in [3.05, 3.63) is 0 Å². The zero-order valence-electron chi connectivity index (χ0n) is 14.9. The van der Waals surface area contributed by atoms with Gasteiger partial charge in [0.1, 0.15) is 0 Å². The van der Waals surface area contributed by atoms with Crippen molar-refractivity contribution >= 4 is 28.3 Å². The highest BCUT2D eigenvalue weighted by atomic mass is 35.5. The number of nitrogens with zero attached hydrogens (tertiary/aromatic N) is 1. The van der Waals surface area contributed by atoms with E-state index in [0.29, 0.717) is 26.1 Å². The highest BCUT2D eigenvalue weighted by Crippen LogP contribution is 2.32. The van der Waals surface area contributed by atoms with Crippen LogP contribution in [0.3, 0.4) is 0 Å². The lowest BCUT2D eigenvalue weighted by Crippen LogP contribution is -2.57. The Bertz CT molecular complexity index is 557. The van der Waals surface area contributed by atoms with Gasteiger partial charge in [-0.1, -0.05) is 25.7 Å². The quantitative estimate of drug-likeness (QED) is 0.744. The second-order valence-corrected chi connectivity index (χ2v) is 9.83. The van der Waals surface area contributed by atoms with Crippen molar-refractivity contribution < 1.29 is 13.2 Å². The molecule has 146 valence electrons. The van der Waals surface area contributed by atoms with Crippen LogP contribution in [0, 0.1) is 5.92 Å². The van der Waals surface area contributed by atoms with Gasteiger partial charge in [0.05, 0.1) is 5.25 Å². The summed E-state index contributed by atoms with van der Waals surface area (Å²) in [4.78, 5) is 14.4. The molecule has 3 fully saturated rings. The minimum atomic E-state index is -3.45. The van der Waals surface area contributed by atoms with E-state index in [2.05, 4.69) is 4.72 Å². The molecule has 8 heteroatoms. The Balaban J connectivity index is 0.00000225. The smallest absolute Gasteiger partial charge is 0.225 e. The van der Waals surface area contributed by atoms with Gasteiger partial charge in [0.15, 0.2) is 0 Å². The van der Waals surface area contributed by atoms with Gasteiger partial charge in [0.25, 0.3) is 0 Å². The molecule has 3 N–H and O–H groups in total. The van der Waals surface area contributed by atoms with Crippen LogP contribution in [0.25, 0.3) is 0 Å². The summed E-state index contributed by atoms with van der Waals surface area (Å²) in [5.41, 5.74) is 5.41. The summed E-state index contributed by atoms with van der Waals surface area (Å²) in [6.07, 6.45) is 9.24. The maximum atomic E-state index is 12.9. The van der Waals surface area contributed by atoms with E-state index in [1.807, 2.05) is 0 Å². The van der Waals surface area contributed by atoms with Crippen molar-refractivity contribution in [2.75, 3.05) is 19.6 Å². The third kappa shape index (κ3) is 4.67. The minimum Gasteiger partial charge on any atom is -0.341 e.